The van der Waals surface area contributed by atoms with Gasteiger partial charge in [-0.25, -0.2) is 4.39 Å². The maximum absolute atomic E-state index is 12.9. The summed E-state index contributed by atoms with van der Waals surface area (Å²) >= 11 is 0. The van der Waals surface area contributed by atoms with E-state index in [9.17, 15) is 9.18 Å². The molecule has 0 atom stereocenters. The summed E-state index contributed by atoms with van der Waals surface area (Å²) < 4.78 is 12.9. The van der Waals surface area contributed by atoms with Gasteiger partial charge in [-0.1, -0.05) is 0 Å². The highest BCUT2D eigenvalue weighted by Crippen LogP contribution is 2.31. The molecule has 2 fully saturated rings. The molecule has 0 radical (unpaired) electrons. The molecule has 3 rings (SSSR count). The third kappa shape index (κ3) is 2.38. The van der Waals surface area contributed by atoms with E-state index in [-0.39, 0.29) is 11.7 Å². The van der Waals surface area contributed by atoms with Gasteiger partial charge in [0.15, 0.2) is 0 Å². The summed E-state index contributed by atoms with van der Waals surface area (Å²) in [6.07, 6.45) is 2.67. The van der Waals surface area contributed by atoms with Crippen LogP contribution in [0.15, 0.2) is 24.3 Å². The van der Waals surface area contributed by atoms with Crippen LogP contribution < -0.4 is 10.6 Å². The van der Waals surface area contributed by atoms with E-state index >= 15 is 0 Å². The summed E-state index contributed by atoms with van der Waals surface area (Å²) in [7, 11) is 0. The Morgan fingerprint density at radius 1 is 1.10 bits per heavy atom. The molecule has 2 aliphatic rings. The molecule has 1 aromatic carbocycles. The Morgan fingerprint density at radius 3 is 2.20 bits per heavy atom. The number of carbonyl (C=O) groups excluding carboxylic acids is 1. The van der Waals surface area contributed by atoms with Crippen LogP contribution in [0.2, 0.25) is 0 Å². The summed E-state index contributed by atoms with van der Waals surface area (Å²) in [5.74, 6) is -0.125. The van der Waals surface area contributed by atoms with Gasteiger partial charge in [0, 0.05) is 31.9 Å². The van der Waals surface area contributed by atoms with Crippen molar-refractivity contribution in [2.45, 2.75) is 24.8 Å². The lowest BCUT2D eigenvalue weighted by atomic mass is 9.76. The maximum Gasteiger partial charge on any atom is 0.242 e. The van der Waals surface area contributed by atoms with Gasteiger partial charge in [0.2, 0.25) is 5.91 Å². The van der Waals surface area contributed by atoms with Crippen molar-refractivity contribution in [3.8, 4) is 0 Å². The summed E-state index contributed by atoms with van der Waals surface area (Å²) in [4.78, 5) is 16.4. The molecule has 1 saturated heterocycles. The Balaban J connectivity index is 1.59. The number of nitrogens with two attached hydrogens (primary N) is 1. The number of rotatable bonds is 2. The first kappa shape index (κ1) is 13.4. The van der Waals surface area contributed by atoms with E-state index in [4.69, 9.17) is 5.73 Å². The van der Waals surface area contributed by atoms with Gasteiger partial charge in [0.05, 0.1) is 5.54 Å². The van der Waals surface area contributed by atoms with Crippen molar-refractivity contribution in [2.75, 3.05) is 31.1 Å². The van der Waals surface area contributed by atoms with Crippen molar-refractivity contribution in [2.24, 2.45) is 5.73 Å². The van der Waals surface area contributed by atoms with Crippen LogP contribution in [0.5, 0.6) is 0 Å². The molecule has 4 nitrogen and oxygen atoms in total. The summed E-state index contributed by atoms with van der Waals surface area (Å²) in [5, 5.41) is 0. The predicted octanol–water partition coefficient (Wildman–Crippen LogP) is 1.36. The number of anilines is 1. The van der Waals surface area contributed by atoms with Crippen molar-refractivity contribution < 1.29 is 9.18 Å². The number of hydrogen-bond acceptors (Lipinski definition) is 3. The number of nitrogens with zero attached hydrogens (tertiary/aromatic N) is 2. The molecule has 1 aromatic rings. The molecule has 2 N–H and O–H groups in total. The largest absolute Gasteiger partial charge is 0.368 e. The smallest absolute Gasteiger partial charge is 0.242 e. The van der Waals surface area contributed by atoms with Crippen LogP contribution >= 0.6 is 0 Å². The zero-order valence-corrected chi connectivity index (χ0v) is 11.5. The SMILES string of the molecule is NC1(C(=O)N2CCN(c3ccc(F)cc3)CC2)CCC1. The van der Waals surface area contributed by atoms with Crippen molar-refractivity contribution in [3.05, 3.63) is 30.1 Å². The zero-order valence-electron chi connectivity index (χ0n) is 11.5. The molecule has 0 unspecified atom stereocenters. The van der Waals surface area contributed by atoms with Crippen LogP contribution in [0, 0.1) is 5.82 Å². The molecule has 108 valence electrons. The second-order valence-electron chi connectivity index (χ2n) is 5.77. The van der Waals surface area contributed by atoms with Gasteiger partial charge in [0.1, 0.15) is 5.82 Å². The Labute approximate surface area is 118 Å². The molecule has 1 amide bonds. The summed E-state index contributed by atoms with van der Waals surface area (Å²) in [6.45, 7) is 2.92. The number of hydrogen-bond donors (Lipinski definition) is 1. The van der Waals surface area contributed by atoms with Gasteiger partial charge in [-0.05, 0) is 43.5 Å². The fourth-order valence-electron chi connectivity index (χ4n) is 2.91. The lowest BCUT2D eigenvalue weighted by molar-refractivity contribution is -0.140. The first-order valence-corrected chi connectivity index (χ1v) is 7.17. The minimum atomic E-state index is -0.599. The third-order valence-electron chi connectivity index (χ3n) is 4.43. The minimum absolute atomic E-state index is 0.0995. The van der Waals surface area contributed by atoms with Gasteiger partial charge in [-0.3, -0.25) is 4.79 Å². The van der Waals surface area contributed by atoms with Gasteiger partial charge < -0.3 is 15.5 Å². The highest BCUT2D eigenvalue weighted by Gasteiger charge is 2.43. The van der Waals surface area contributed by atoms with Crippen LogP contribution in [0.1, 0.15) is 19.3 Å². The molecule has 0 bridgehead atoms. The van der Waals surface area contributed by atoms with E-state index in [1.807, 2.05) is 4.90 Å². The Kier molecular flexibility index (Phi) is 3.38. The van der Waals surface area contributed by atoms with E-state index in [1.165, 1.54) is 12.1 Å². The van der Waals surface area contributed by atoms with E-state index < -0.39 is 5.54 Å². The molecular weight excluding hydrogens is 257 g/mol. The number of piperazine rings is 1. The van der Waals surface area contributed by atoms with Crippen molar-refractivity contribution in [1.29, 1.82) is 0 Å². The van der Waals surface area contributed by atoms with Crippen molar-refractivity contribution in [1.82, 2.24) is 4.90 Å². The molecule has 1 saturated carbocycles. The van der Waals surface area contributed by atoms with Crippen LogP contribution in [0.3, 0.4) is 0 Å². The average Bonchev–Trinajstić information content (AvgIpc) is 2.45. The lowest BCUT2D eigenvalue weighted by Gasteiger charge is -2.43. The summed E-state index contributed by atoms with van der Waals surface area (Å²) in [6, 6.07) is 6.50. The molecular formula is C15H20FN3O. The molecule has 1 aliphatic heterocycles. The fourth-order valence-corrected chi connectivity index (χ4v) is 2.91. The van der Waals surface area contributed by atoms with Gasteiger partial charge in [-0.15, -0.1) is 0 Å². The lowest BCUT2D eigenvalue weighted by Crippen LogP contribution is -2.62. The van der Waals surface area contributed by atoms with Crippen molar-refractivity contribution >= 4 is 11.6 Å². The summed E-state index contributed by atoms with van der Waals surface area (Å²) in [5.41, 5.74) is 6.50. The van der Waals surface area contributed by atoms with Crippen LogP contribution in [0.4, 0.5) is 10.1 Å². The number of benzene rings is 1. The average molecular weight is 277 g/mol. The normalized spacial score (nSPS) is 21.5. The van der Waals surface area contributed by atoms with Gasteiger partial charge >= 0.3 is 0 Å². The zero-order chi connectivity index (χ0) is 14.2. The maximum atomic E-state index is 12.9. The van der Waals surface area contributed by atoms with E-state index in [1.54, 1.807) is 12.1 Å². The topological polar surface area (TPSA) is 49.6 Å². The molecule has 20 heavy (non-hydrogen) atoms. The van der Waals surface area contributed by atoms with Gasteiger partial charge in [-0.2, -0.15) is 0 Å². The Morgan fingerprint density at radius 2 is 1.70 bits per heavy atom. The second kappa shape index (κ2) is 5.05. The Bertz CT molecular complexity index is 490. The van der Waals surface area contributed by atoms with Crippen LogP contribution in [-0.4, -0.2) is 42.5 Å². The minimum Gasteiger partial charge on any atom is -0.368 e. The highest BCUT2D eigenvalue weighted by atomic mass is 19.1. The number of amides is 1. The molecule has 1 heterocycles. The molecule has 1 aliphatic carbocycles. The van der Waals surface area contributed by atoms with Gasteiger partial charge in [0.25, 0.3) is 0 Å². The van der Waals surface area contributed by atoms with Crippen LogP contribution in [-0.2, 0) is 4.79 Å². The van der Waals surface area contributed by atoms with Crippen molar-refractivity contribution in [3.63, 3.8) is 0 Å². The van der Waals surface area contributed by atoms with Crippen LogP contribution in [0.25, 0.3) is 0 Å². The third-order valence-corrected chi connectivity index (χ3v) is 4.43. The monoisotopic (exact) mass is 277 g/mol. The first-order valence-electron chi connectivity index (χ1n) is 7.17. The van der Waals surface area contributed by atoms with E-state index in [0.29, 0.717) is 13.1 Å². The molecule has 5 heteroatoms. The highest BCUT2D eigenvalue weighted by molar-refractivity contribution is 5.87. The molecule has 0 aromatic heterocycles. The van der Waals surface area contributed by atoms with E-state index in [2.05, 4.69) is 4.90 Å². The number of carbonyl (C=O) groups is 1. The number of halogens is 1. The standard InChI is InChI=1S/C15H20FN3O/c16-12-2-4-13(5-3-12)18-8-10-19(11-9-18)14(20)15(17)6-1-7-15/h2-5H,1,6-11,17H2. The molecule has 0 spiro atoms. The quantitative estimate of drug-likeness (QED) is 0.888. The fraction of sp³-hybridized carbons (Fsp3) is 0.533. The Hall–Kier alpha value is -1.62. The van der Waals surface area contributed by atoms with E-state index in [0.717, 1.165) is 38.0 Å². The second-order valence-corrected chi connectivity index (χ2v) is 5.77. The first-order chi connectivity index (χ1) is 9.58. The predicted molar refractivity (Wildman–Crippen MR) is 76.0 cm³/mol.